The minimum absolute atomic E-state index is 0.0360. The highest BCUT2D eigenvalue weighted by atomic mass is 16.2. The normalized spacial score (nSPS) is 23.4. The maximum atomic E-state index is 12.1. The molecule has 1 aromatic rings. The second-order valence-corrected chi connectivity index (χ2v) is 9.42. The summed E-state index contributed by atoms with van der Waals surface area (Å²) in [5.41, 5.74) is 1.38. The first-order valence-corrected chi connectivity index (χ1v) is 12.1. The van der Waals surface area contributed by atoms with Crippen LogP contribution in [-0.2, 0) is 11.3 Å². The first kappa shape index (κ1) is 23.6. The van der Waals surface area contributed by atoms with Crippen molar-refractivity contribution in [3.8, 4) is 0 Å². The minimum Gasteiger partial charge on any atom is -0.354 e. The number of carbonyl (C=O) groups is 1. The van der Waals surface area contributed by atoms with Crippen LogP contribution in [0.4, 0.5) is 0 Å². The van der Waals surface area contributed by atoms with Gasteiger partial charge in [-0.25, -0.2) is 4.99 Å². The van der Waals surface area contributed by atoms with E-state index in [1.807, 2.05) is 0 Å². The lowest BCUT2D eigenvalue weighted by Crippen LogP contribution is -2.51. The number of hydrogen-bond donors (Lipinski definition) is 2. The summed E-state index contributed by atoms with van der Waals surface area (Å²) in [4.78, 5) is 20.9. The summed E-state index contributed by atoms with van der Waals surface area (Å²) in [7, 11) is 3.57. The van der Waals surface area contributed by atoms with Crippen molar-refractivity contribution in [3.63, 3.8) is 0 Å². The average molecular weight is 428 g/mol. The predicted octanol–water partition coefficient (Wildman–Crippen LogP) is 3.24. The largest absolute Gasteiger partial charge is 0.354 e. The summed E-state index contributed by atoms with van der Waals surface area (Å²) >= 11 is 0. The Kier molecular flexibility index (Phi) is 9.19. The highest BCUT2D eigenvalue weighted by Crippen LogP contribution is 2.26. The van der Waals surface area contributed by atoms with Crippen LogP contribution in [0, 0.1) is 5.92 Å². The molecule has 2 atom stereocenters. The first-order chi connectivity index (χ1) is 15.0. The number of hydrogen-bond acceptors (Lipinski definition) is 3. The number of likely N-dealkylation sites (N-methyl/N-ethyl adjacent to an activating group) is 1. The second-order valence-electron chi connectivity index (χ2n) is 9.42. The SMILES string of the molecule is CCC1CCCC(NC(=NCC(=O)N(C)C)NC2CCN(Cc3ccccc3)CC2)C1. The van der Waals surface area contributed by atoms with Crippen LogP contribution in [0.1, 0.15) is 57.4 Å². The van der Waals surface area contributed by atoms with Gasteiger partial charge in [-0.15, -0.1) is 0 Å². The third-order valence-corrected chi connectivity index (χ3v) is 6.75. The first-order valence-electron chi connectivity index (χ1n) is 12.1. The molecule has 1 heterocycles. The number of nitrogens with one attached hydrogen (secondary N) is 2. The molecule has 0 spiro atoms. The van der Waals surface area contributed by atoms with E-state index in [4.69, 9.17) is 0 Å². The van der Waals surface area contributed by atoms with Crippen LogP contribution in [0.2, 0.25) is 0 Å². The molecule has 172 valence electrons. The van der Waals surface area contributed by atoms with E-state index in [9.17, 15) is 4.79 Å². The quantitative estimate of drug-likeness (QED) is 0.518. The molecule has 0 aromatic heterocycles. The van der Waals surface area contributed by atoms with Gasteiger partial charge in [-0.3, -0.25) is 9.69 Å². The number of amides is 1. The number of rotatable bonds is 7. The molecule has 0 bridgehead atoms. The van der Waals surface area contributed by atoms with Gasteiger partial charge >= 0.3 is 0 Å². The van der Waals surface area contributed by atoms with Crippen LogP contribution in [-0.4, -0.2) is 67.5 Å². The van der Waals surface area contributed by atoms with E-state index in [2.05, 4.69) is 57.8 Å². The van der Waals surface area contributed by atoms with Crippen molar-refractivity contribution in [2.24, 2.45) is 10.9 Å². The van der Waals surface area contributed by atoms with E-state index >= 15 is 0 Å². The van der Waals surface area contributed by atoms with Gasteiger partial charge in [-0.1, -0.05) is 56.5 Å². The van der Waals surface area contributed by atoms with Gasteiger partial charge in [0.1, 0.15) is 6.54 Å². The third kappa shape index (κ3) is 7.84. The van der Waals surface area contributed by atoms with Crippen molar-refractivity contribution in [2.75, 3.05) is 33.7 Å². The zero-order valence-corrected chi connectivity index (χ0v) is 19.6. The zero-order chi connectivity index (χ0) is 22.1. The molecule has 6 heteroatoms. The molecule has 3 rings (SSSR count). The molecule has 31 heavy (non-hydrogen) atoms. The molecule has 1 aliphatic heterocycles. The van der Waals surface area contributed by atoms with Crippen LogP contribution in [0.15, 0.2) is 35.3 Å². The van der Waals surface area contributed by atoms with Crippen LogP contribution in [0.5, 0.6) is 0 Å². The van der Waals surface area contributed by atoms with E-state index in [1.165, 1.54) is 37.7 Å². The molecule has 1 saturated carbocycles. The number of benzene rings is 1. The summed E-state index contributed by atoms with van der Waals surface area (Å²) < 4.78 is 0. The molecular formula is C25H41N5O. The number of piperidine rings is 1. The van der Waals surface area contributed by atoms with Gasteiger partial charge in [0.05, 0.1) is 0 Å². The second kappa shape index (κ2) is 12.1. The monoisotopic (exact) mass is 427 g/mol. The molecule has 2 fully saturated rings. The van der Waals surface area contributed by atoms with Crippen molar-refractivity contribution in [1.29, 1.82) is 0 Å². The Hall–Kier alpha value is -2.08. The Bertz CT molecular complexity index is 697. The molecule has 2 aliphatic rings. The molecule has 2 N–H and O–H groups in total. The van der Waals surface area contributed by atoms with Crippen molar-refractivity contribution in [2.45, 2.75) is 70.5 Å². The topological polar surface area (TPSA) is 60.0 Å². The highest BCUT2D eigenvalue weighted by molar-refractivity contribution is 5.85. The molecule has 1 saturated heterocycles. The van der Waals surface area contributed by atoms with Crippen molar-refractivity contribution < 1.29 is 4.79 Å². The smallest absolute Gasteiger partial charge is 0.243 e. The summed E-state index contributed by atoms with van der Waals surface area (Å²) in [5, 5.41) is 7.32. The van der Waals surface area contributed by atoms with Gasteiger partial charge in [0, 0.05) is 45.8 Å². The predicted molar refractivity (Wildman–Crippen MR) is 128 cm³/mol. The number of aliphatic imine (C=N–C) groups is 1. The summed E-state index contributed by atoms with van der Waals surface area (Å²) in [6.45, 7) is 5.67. The maximum Gasteiger partial charge on any atom is 0.243 e. The fraction of sp³-hybridized carbons (Fsp3) is 0.680. The van der Waals surface area contributed by atoms with E-state index in [0.717, 1.165) is 44.4 Å². The Morgan fingerprint density at radius 3 is 2.45 bits per heavy atom. The lowest BCUT2D eigenvalue weighted by Gasteiger charge is -2.35. The van der Waals surface area contributed by atoms with E-state index < -0.39 is 0 Å². The van der Waals surface area contributed by atoms with Crippen molar-refractivity contribution in [3.05, 3.63) is 35.9 Å². The number of guanidine groups is 1. The lowest BCUT2D eigenvalue weighted by atomic mass is 9.84. The van der Waals surface area contributed by atoms with E-state index in [1.54, 1.807) is 19.0 Å². The van der Waals surface area contributed by atoms with Gasteiger partial charge < -0.3 is 15.5 Å². The van der Waals surface area contributed by atoms with E-state index in [0.29, 0.717) is 12.1 Å². The third-order valence-electron chi connectivity index (χ3n) is 6.75. The molecule has 2 unspecified atom stereocenters. The summed E-state index contributed by atoms with van der Waals surface area (Å²) in [5.74, 6) is 1.66. The molecular weight excluding hydrogens is 386 g/mol. The minimum atomic E-state index is 0.0360. The Balaban J connectivity index is 1.54. The average Bonchev–Trinajstić information content (AvgIpc) is 2.79. The Morgan fingerprint density at radius 1 is 1.06 bits per heavy atom. The van der Waals surface area contributed by atoms with Crippen LogP contribution in [0.25, 0.3) is 0 Å². The molecule has 1 aliphatic carbocycles. The highest BCUT2D eigenvalue weighted by Gasteiger charge is 2.24. The van der Waals surface area contributed by atoms with Crippen LogP contribution in [0.3, 0.4) is 0 Å². The lowest BCUT2D eigenvalue weighted by molar-refractivity contribution is -0.127. The maximum absolute atomic E-state index is 12.1. The van der Waals surface area contributed by atoms with Crippen molar-refractivity contribution >= 4 is 11.9 Å². The molecule has 0 radical (unpaired) electrons. The van der Waals surface area contributed by atoms with Gasteiger partial charge in [0.25, 0.3) is 0 Å². The zero-order valence-electron chi connectivity index (χ0n) is 19.6. The summed E-state index contributed by atoms with van der Waals surface area (Å²) in [6, 6.07) is 11.6. The van der Waals surface area contributed by atoms with Gasteiger partial charge in [-0.2, -0.15) is 0 Å². The number of carbonyl (C=O) groups excluding carboxylic acids is 1. The molecule has 6 nitrogen and oxygen atoms in total. The van der Waals surface area contributed by atoms with Crippen molar-refractivity contribution in [1.82, 2.24) is 20.4 Å². The number of nitrogens with zero attached hydrogens (tertiary/aromatic N) is 3. The Morgan fingerprint density at radius 2 is 1.77 bits per heavy atom. The fourth-order valence-electron chi connectivity index (χ4n) is 4.68. The number of likely N-dealkylation sites (tertiary alicyclic amines) is 1. The van der Waals surface area contributed by atoms with Gasteiger partial charge in [-0.05, 0) is 37.2 Å². The van der Waals surface area contributed by atoms with Crippen LogP contribution < -0.4 is 10.6 Å². The molecule has 1 amide bonds. The summed E-state index contributed by atoms with van der Waals surface area (Å²) in [6.07, 6.45) is 8.44. The van der Waals surface area contributed by atoms with E-state index in [-0.39, 0.29) is 12.5 Å². The molecule has 1 aromatic carbocycles. The van der Waals surface area contributed by atoms with Gasteiger partial charge in [0.15, 0.2) is 5.96 Å². The fourth-order valence-corrected chi connectivity index (χ4v) is 4.68. The Labute approximate surface area is 188 Å². The van der Waals surface area contributed by atoms with Gasteiger partial charge in [0.2, 0.25) is 5.91 Å². The standard InChI is InChI=1S/C25H41N5O/c1-4-20-11-8-12-23(17-20)28-25(26-18-24(31)29(2)3)27-22-13-15-30(16-14-22)19-21-9-6-5-7-10-21/h5-7,9-10,20,22-23H,4,8,11-19H2,1-3H3,(H2,26,27,28). The van der Waals surface area contributed by atoms with Crippen LogP contribution >= 0.6 is 0 Å².